The zero-order chi connectivity index (χ0) is 15.0. The number of sulfonamides is 1. The highest BCUT2D eigenvalue weighted by molar-refractivity contribution is 7.89. The molecule has 1 aliphatic carbocycles. The zero-order valence-corrected chi connectivity index (χ0v) is 13.3. The molecule has 0 saturated carbocycles. The second kappa shape index (κ2) is 5.40. The van der Waals surface area contributed by atoms with Crippen LogP contribution in [0.1, 0.15) is 22.6 Å². The molecule has 5 nitrogen and oxygen atoms in total. The van der Waals surface area contributed by atoms with Crippen molar-refractivity contribution in [2.45, 2.75) is 37.1 Å². The first kappa shape index (κ1) is 14.5. The minimum Gasteiger partial charge on any atom is -0.375 e. The van der Waals surface area contributed by atoms with E-state index in [1.54, 1.807) is 18.2 Å². The third-order valence-corrected chi connectivity index (χ3v) is 6.05. The van der Waals surface area contributed by atoms with Gasteiger partial charge >= 0.3 is 0 Å². The fraction of sp³-hybridized carbons (Fsp3) is 0.357. The largest absolute Gasteiger partial charge is 0.375 e. The van der Waals surface area contributed by atoms with Gasteiger partial charge in [0, 0.05) is 17.3 Å². The van der Waals surface area contributed by atoms with Crippen molar-refractivity contribution < 1.29 is 8.42 Å². The molecule has 112 valence electrons. The van der Waals surface area contributed by atoms with Crippen LogP contribution in [0, 0.1) is 6.92 Å². The molecule has 1 heterocycles. The number of hydrogen-bond acceptors (Lipinski definition) is 5. The number of rotatable bonds is 3. The summed E-state index contributed by atoms with van der Waals surface area (Å²) < 4.78 is 27.6. The number of benzene rings is 1. The lowest BCUT2D eigenvalue weighted by atomic mass is 9.99. The summed E-state index contributed by atoms with van der Waals surface area (Å²) in [6.45, 7) is 1.88. The molecule has 0 radical (unpaired) electrons. The van der Waals surface area contributed by atoms with Crippen LogP contribution in [0.25, 0.3) is 0 Å². The van der Waals surface area contributed by atoms with Crippen LogP contribution < -0.4 is 10.5 Å². The predicted molar refractivity (Wildman–Crippen MR) is 83.8 cm³/mol. The Morgan fingerprint density at radius 1 is 1.43 bits per heavy atom. The van der Waals surface area contributed by atoms with Gasteiger partial charge < -0.3 is 5.73 Å². The summed E-state index contributed by atoms with van der Waals surface area (Å²) in [5, 5.41) is 0.558. The van der Waals surface area contributed by atoms with Crippen LogP contribution in [0.15, 0.2) is 29.2 Å². The fourth-order valence-corrected chi connectivity index (χ4v) is 4.90. The van der Waals surface area contributed by atoms with Crippen molar-refractivity contribution >= 4 is 26.5 Å². The molecule has 2 aromatic rings. The molecule has 0 bridgehead atoms. The van der Waals surface area contributed by atoms with E-state index in [2.05, 4.69) is 9.71 Å². The van der Waals surface area contributed by atoms with Crippen LogP contribution >= 0.6 is 11.3 Å². The van der Waals surface area contributed by atoms with E-state index in [1.165, 1.54) is 11.3 Å². The molecule has 3 rings (SSSR count). The van der Waals surface area contributed by atoms with Crippen LogP contribution in [0.3, 0.4) is 0 Å². The number of thiazole rings is 1. The van der Waals surface area contributed by atoms with Gasteiger partial charge in [0.15, 0.2) is 5.13 Å². The Morgan fingerprint density at radius 3 is 3.00 bits per heavy atom. The van der Waals surface area contributed by atoms with Crippen molar-refractivity contribution in [2.75, 3.05) is 5.73 Å². The van der Waals surface area contributed by atoms with Gasteiger partial charge in [0.05, 0.1) is 10.6 Å². The van der Waals surface area contributed by atoms with Crippen LogP contribution in [0.5, 0.6) is 0 Å². The molecule has 7 heteroatoms. The zero-order valence-electron chi connectivity index (χ0n) is 11.7. The van der Waals surface area contributed by atoms with Crippen molar-refractivity contribution in [1.29, 1.82) is 0 Å². The highest BCUT2D eigenvalue weighted by Gasteiger charge is 2.26. The molecule has 0 aliphatic heterocycles. The number of nitrogen functional groups attached to an aromatic ring is 1. The molecule has 1 atom stereocenters. The summed E-state index contributed by atoms with van der Waals surface area (Å²) in [5.41, 5.74) is 7.65. The van der Waals surface area contributed by atoms with Gasteiger partial charge in [-0.25, -0.2) is 18.1 Å². The van der Waals surface area contributed by atoms with E-state index < -0.39 is 10.0 Å². The lowest BCUT2D eigenvalue weighted by Gasteiger charge is -2.22. The van der Waals surface area contributed by atoms with Crippen LogP contribution in [-0.2, 0) is 22.9 Å². The lowest BCUT2D eigenvalue weighted by molar-refractivity contribution is 0.508. The van der Waals surface area contributed by atoms with E-state index >= 15 is 0 Å². The Bertz CT molecular complexity index is 768. The number of anilines is 1. The molecular formula is C14H17N3O2S2. The Labute approximate surface area is 128 Å². The maximum absolute atomic E-state index is 12.4. The first-order chi connectivity index (χ1) is 9.94. The average molecular weight is 323 g/mol. The molecule has 0 saturated heterocycles. The monoisotopic (exact) mass is 323 g/mol. The number of nitrogens with zero attached hydrogens (tertiary/aromatic N) is 1. The van der Waals surface area contributed by atoms with Gasteiger partial charge in [0.1, 0.15) is 0 Å². The van der Waals surface area contributed by atoms with Gasteiger partial charge in [-0.2, -0.15) is 0 Å². The van der Waals surface area contributed by atoms with Crippen LogP contribution in [-0.4, -0.2) is 19.4 Å². The average Bonchev–Trinajstić information content (AvgIpc) is 2.77. The van der Waals surface area contributed by atoms with Crippen molar-refractivity contribution in [3.05, 3.63) is 40.4 Å². The molecule has 0 amide bonds. The number of nitrogens with two attached hydrogens (primary N) is 1. The fourth-order valence-electron chi connectivity index (χ4n) is 2.57. The molecule has 0 fully saturated rings. The minimum absolute atomic E-state index is 0.0946. The number of aromatic nitrogens is 1. The van der Waals surface area contributed by atoms with Crippen molar-refractivity contribution in [1.82, 2.24) is 9.71 Å². The second-order valence-electron chi connectivity index (χ2n) is 5.30. The third-order valence-electron chi connectivity index (χ3n) is 3.58. The van der Waals surface area contributed by atoms with E-state index in [1.807, 2.05) is 13.0 Å². The SMILES string of the molecule is Cc1cccc(S(=O)(=O)NC2CCc3nc(N)sc3C2)c1. The Morgan fingerprint density at radius 2 is 2.24 bits per heavy atom. The van der Waals surface area contributed by atoms with Crippen molar-refractivity contribution in [2.24, 2.45) is 0 Å². The number of fused-ring (bicyclic) bond motifs is 1. The second-order valence-corrected chi connectivity index (χ2v) is 8.13. The van der Waals surface area contributed by atoms with E-state index in [4.69, 9.17) is 5.73 Å². The van der Waals surface area contributed by atoms with E-state index in [0.717, 1.165) is 29.0 Å². The molecular weight excluding hydrogens is 306 g/mol. The minimum atomic E-state index is -3.48. The molecule has 0 spiro atoms. The molecule has 1 aromatic heterocycles. The topological polar surface area (TPSA) is 85.1 Å². The number of nitrogens with one attached hydrogen (secondary N) is 1. The van der Waals surface area contributed by atoms with E-state index in [0.29, 0.717) is 16.4 Å². The quantitative estimate of drug-likeness (QED) is 0.903. The summed E-state index contributed by atoms with van der Waals surface area (Å²) >= 11 is 1.45. The summed E-state index contributed by atoms with van der Waals surface area (Å²) in [6, 6.07) is 6.84. The first-order valence-corrected chi connectivity index (χ1v) is 9.07. The Hall–Kier alpha value is -1.44. The Kier molecular flexibility index (Phi) is 3.73. The normalized spacial score (nSPS) is 18.4. The van der Waals surface area contributed by atoms with Crippen LogP contribution in [0.2, 0.25) is 0 Å². The van der Waals surface area contributed by atoms with Gasteiger partial charge in [0.2, 0.25) is 10.0 Å². The highest BCUT2D eigenvalue weighted by atomic mass is 32.2. The van der Waals surface area contributed by atoms with E-state index in [9.17, 15) is 8.42 Å². The molecule has 3 N–H and O–H groups in total. The van der Waals surface area contributed by atoms with Gasteiger partial charge in [-0.15, -0.1) is 11.3 Å². The molecule has 1 aliphatic rings. The van der Waals surface area contributed by atoms with E-state index in [-0.39, 0.29) is 6.04 Å². The molecule has 21 heavy (non-hydrogen) atoms. The lowest BCUT2D eigenvalue weighted by Crippen LogP contribution is -2.38. The van der Waals surface area contributed by atoms with Gasteiger partial charge in [-0.05, 0) is 37.5 Å². The molecule has 1 unspecified atom stereocenters. The molecule has 1 aromatic carbocycles. The highest BCUT2D eigenvalue weighted by Crippen LogP contribution is 2.28. The van der Waals surface area contributed by atoms with Gasteiger partial charge in [-0.1, -0.05) is 12.1 Å². The first-order valence-electron chi connectivity index (χ1n) is 6.77. The smallest absolute Gasteiger partial charge is 0.240 e. The van der Waals surface area contributed by atoms with Gasteiger partial charge in [0.25, 0.3) is 0 Å². The standard InChI is InChI=1S/C14H17N3O2S2/c1-9-3-2-4-11(7-9)21(18,19)17-10-5-6-12-13(8-10)20-14(15)16-12/h2-4,7,10,17H,5-6,8H2,1H3,(H2,15,16). The van der Waals surface area contributed by atoms with Crippen molar-refractivity contribution in [3.8, 4) is 0 Å². The van der Waals surface area contributed by atoms with Crippen molar-refractivity contribution in [3.63, 3.8) is 0 Å². The number of aryl methyl sites for hydroxylation is 2. The summed E-state index contributed by atoms with van der Waals surface area (Å²) in [6.07, 6.45) is 2.18. The Balaban J connectivity index is 1.78. The summed E-state index contributed by atoms with van der Waals surface area (Å²) in [7, 11) is -3.48. The maximum Gasteiger partial charge on any atom is 0.240 e. The van der Waals surface area contributed by atoms with Gasteiger partial charge in [-0.3, -0.25) is 0 Å². The third kappa shape index (κ3) is 3.09. The maximum atomic E-state index is 12.4. The van der Waals surface area contributed by atoms with Crippen LogP contribution in [0.4, 0.5) is 5.13 Å². The predicted octanol–water partition coefficient (Wildman–Crippen LogP) is 1.87. The summed E-state index contributed by atoms with van der Waals surface area (Å²) in [4.78, 5) is 5.68. The summed E-state index contributed by atoms with van der Waals surface area (Å²) in [5.74, 6) is 0. The number of hydrogen-bond donors (Lipinski definition) is 2.